The number of carbonyl (C=O) groups is 2. The van der Waals surface area contributed by atoms with Crippen LogP contribution >= 0.6 is 0 Å². The summed E-state index contributed by atoms with van der Waals surface area (Å²) in [6.07, 6.45) is 5.68. The summed E-state index contributed by atoms with van der Waals surface area (Å²) in [7, 11) is 0. The Morgan fingerprint density at radius 2 is 2.04 bits per heavy atom. The van der Waals surface area contributed by atoms with E-state index < -0.39 is 0 Å². The molecule has 1 aromatic carbocycles. The number of hydrazine groups is 1. The summed E-state index contributed by atoms with van der Waals surface area (Å²) in [5, 5.41) is 4.59. The van der Waals surface area contributed by atoms with Crippen LogP contribution in [0.3, 0.4) is 0 Å². The Morgan fingerprint density at radius 1 is 1.19 bits per heavy atom. The molecule has 2 amide bonds. The third kappa shape index (κ3) is 3.34. The molecule has 7 nitrogen and oxygen atoms in total. The molecule has 1 fully saturated rings. The summed E-state index contributed by atoms with van der Waals surface area (Å²) in [6.45, 7) is 0.307. The number of hydrogen-bond acceptors (Lipinski definition) is 5. The summed E-state index contributed by atoms with van der Waals surface area (Å²) in [5.41, 5.74) is 4.49. The van der Waals surface area contributed by atoms with Crippen molar-refractivity contribution >= 4 is 11.8 Å². The first-order valence-electron chi connectivity index (χ1n) is 8.58. The van der Waals surface area contributed by atoms with E-state index in [0.717, 1.165) is 5.56 Å². The molecule has 1 saturated heterocycles. The van der Waals surface area contributed by atoms with Crippen molar-refractivity contribution in [2.75, 3.05) is 6.54 Å². The Bertz CT molecular complexity index is 803. The highest BCUT2D eigenvalue weighted by Crippen LogP contribution is 2.30. The molecule has 134 valence electrons. The lowest BCUT2D eigenvalue weighted by atomic mass is 10.0. The SMILES string of the molecule is O=C(CN1C=CN2NC(c3ccccc3)CC2C1=O)NCc1ccco1. The normalized spacial score (nSPS) is 21.8. The maximum absolute atomic E-state index is 12.7. The topological polar surface area (TPSA) is 77.8 Å². The van der Waals surface area contributed by atoms with Crippen LogP contribution < -0.4 is 10.7 Å². The molecule has 0 bridgehead atoms. The maximum atomic E-state index is 12.7. The van der Waals surface area contributed by atoms with Crippen molar-refractivity contribution in [1.82, 2.24) is 20.7 Å². The van der Waals surface area contributed by atoms with Gasteiger partial charge in [-0.05, 0) is 24.1 Å². The van der Waals surface area contributed by atoms with Gasteiger partial charge in [0, 0.05) is 12.4 Å². The van der Waals surface area contributed by atoms with E-state index in [-0.39, 0.29) is 30.4 Å². The molecule has 7 heteroatoms. The van der Waals surface area contributed by atoms with Crippen molar-refractivity contribution in [3.05, 3.63) is 72.5 Å². The number of amides is 2. The molecule has 0 aliphatic carbocycles. The van der Waals surface area contributed by atoms with Crippen LogP contribution in [0.5, 0.6) is 0 Å². The van der Waals surface area contributed by atoms with E-state index in [4.69, 9.17) is 4.42 Å². The summed E-state index contributed by atoms with van der Waals surface area (Å²) in [5.74, 6) is 0.376. The third-order valence-electron chi connectivity index (χ3n) is 4.63. The minimum absolute atomic E-state index is 0.00359. The molecule has 0 saturated carbocycles. The second kappa shape index (κ2) is 7.05. The molecule has 2 unspecified atom stereocenters. The van der Waals surface area contributed by atoms with Gasteiger partial charge in [0.05, 0.1) is 18.8 Å². The average Bonchev–Trinajstić information content (AvgIpc) is 3.33. The Hall–Kier alpha value is -3.06. The van der Waals surface area contributed by atoms with Crippen LogP contribution in [0.15, 0.2) is 65.5 Å². The van der Waals surface area contributed by atoms with E-state index in [0.29, 0.717) is 18.7 Å². The lowest BCUT2D eigenvalue weighted by Crippen LogP contribution is -2.50. The molecule has 26 heavy (non-hydrogen) atoms. The number of fused-ring (bicyclic) bond motifs is 1. The predicted molar refractivity (Wildman–Crippen MR) is 94.0 cm³/mol. The number of furan rings is 1. The van der Waals surface area contributed by atoms with E-state index in [2.05, 4.69) is 10.7 Å². The molecule has 2 atom stereocenters. The molecule has 2 aliphatic heterocycles. The Morgan fingerprint density at radius 3 is 2.81 bits per heavy atom. The number of nitrogens with one attached hydrogen (secondary N) is 2. The van der Waals surface area contributed by atoms with Crippen LogP contribution in [0, 0.1) is 0 Å². The first-order chi connectivity index (χ1) is 12.7. The monoisotopic (exact) mass is 352 g/mol. The van der Waals surface area contributed by atoms with Crippen molar-refractivity contribution in [3.8, 4) is 0 Å². The Kier molecular flexibility index (Phi) is 4.45. The highest BCUT2D eigenvalue weighted by molar-refractivity contribution is 5.89. The predicted octanol–water partition coefficient (Wildman–Crippen LogP) is 1.53. The van der Waals surface area contributed by atoms with Gasteiger partial charge in [-0.3, -0.25) is 9.59 Å². The van der Waals surface area contributed by atoms with Crippen LogP contribution in [0.1, 0.15) is 23.8 Å². The van der Waals surface area contributed by atoms with E-state index in [1.165, 1.54) is 4.90 Å². The highest BCUT2D eigenvalue weighted by Gasteiger charge is 2.40. The highest BCUT2D eigenvalue weighted by atomic mass is 16.3. The van der Waals surface area contributed by atoms with Gasteiger partial charge in [0.2, 0.25) is 5.91 Å². The Labute approximate surface area is 151 Å². The fourth-order valence-corrected chi connectivity index (χ4v) is 3.28. The van der Waals surface area contributed by atoms with Crippen molar-refractivity contribution < 1.29 is 14.0 Å². The van der Waals surface area contributed by atoms with Gasteiger partial charge in [0.15, 0.2) is 0 Å². The first kappa shape index (κ1) is 16.4. The van der Waals surface area contributed by atoms with Gasteiger partial charge in [0.1, 0.15) is 18.3 Å². The maximum Gasteiger partial charge on any atom is 0.251 e. The standard InChI is InChI=1S/C19H20N4O3/c24-18(20-12-15-7-4-10-26-15)13-22-8-9-23-17(19(22)25)11-16(21-23)14-5-2-1-3-6-14/h1-10,16-17,21H,11-13H2,(H,20,24). The lowest BCUT2D eigenvalue weighted by Gasteiger charge is -2.31. The molecule has 0 radical (unpaired) electrons. The van der Waals surface area contributed by atoms with Gasteiger partial charge in [-0.1, -0.05) is 30.3 Å². The van der Waals surface area contributed by atoms with Gasteiger partial charge >= 0.3 is 0 Å². The quantitative estimate of drug-likeness (QED) is 0.853. The largest absolute Gasteiger partial charge is 0.467 e. The zero-order chi connectivity index (χ0) is 17.9. The van der Waals surface area contributed by atoms with Crippen LogP contribution in [0.4, 0.5) is 0 Å². The fourth-order valence-electron chi connectivity index (χ4n) is 3.28. The molecule has 2 aliphatic rings. The van der Waals surface area contributed by atoms with Crippen molar-refractivity contribution in [1.29, 1.82) is 0 Å². The van der Waals surface area contributed by atoms with E-state index in [1.54, 1.807) is 24.6 Å². The van der Waals surface area contributed by atoms with E-state index >= 15 is 0 Å². The fraction of sp³-hybridized carbons (Fsp3) is 0.263. The number of carbonyl (C=O) groups excluding carboxylic acids is 2. The van der Waals surface area contributed by atoms with Crippen LogP contribution in [-0.2, 0) is 16.1 Å². The average molecular weight is 352 g/mol. The molecule has 2 aromatic rings. The van der Waals surface area contributed by atoms with Crippen LogP contribution in [-0.4, -0.2) is 34.3 Å². The number of benzene rings is 1. The lowest BCUT2D eigenvalue weighted by molar-refractivity contribution is -0.138. The van der Waals surface area contributed by atoms with Crippen LogP contribution in [0.25, 0.3) is 0 Å². The number of rotatable bonds is 5. The van der Waals surface area contributed by atoms with Gasteiger partial charge < -0.3 is 19.6 Å². The number of nitrogens with zero attached hydrogens (tertiary/aromatic N) is 2. The molecular formula is C19H20N4O3. The zero-order valence-electron chi connectivity index (χ0n) is 14.2. The molecule has 1 aromatic heterocycles. The Balaban J connectivity index is 1.35. The van der Waals surface area contributed by atoms with Crippen molar-refractivity contribution in [2.24, 2.45) is 0 Å². The molecule has 3 heterocycles. The molecule has 0 spiro atoms. The van der Waals surface area contributed by atoms with Gasteiger partial charge in [-0.15, -0.1) is 0 Å². The third-order valence-corrected chi connectivity index (χ3v) is 4.63. The minimum Gasteiger partial charge on any atom is -0.467 e. The smallest absolute Gasteiger partial charge is 0.251 e. The van der Waals surface area contributed by atoms with E-state index in [1.807, 2.05) is 41.5 Å². The van der Waals surface area contributed by atoms with Gasteiger partial charge in [-0.25, -0.2) is 5.43 Å². The second-order valence-electron chi connectivity index (χ2n) is 6.37. The van der Waals surface area contributed by atoms with Gasteiger partial charge in [-0.2, -0.15) is 0 Å². The summed E-state index contributed by atoms with van der Waals surface area (Å²) < 4.78 is 5.18. The van der Waals surface area contributed by atoms with Crippen LogP contribution in [0.2, 0.25) is 0 Å². The van der Waals surface area contributed by atoms with Gasteiger partial charge in [0.25, 0.3) is 5.91 Å². The number of hydrogen-bond donors (Lipinski definition) is 2. The molecular weight excluding hydrogens is 332 g/mol. The van der Waals surface area contributed by atoms with E-state index in [9.17, 15) is 9.59 Å². The summed E-state index contributed by atoms with van der Waals surface area (Å²) in [4.78, 5) is 26.3. The molecule has 4 rings (SSSR count). The first-order valence-corrected chi connectivity index (χ1v) is 8.58. The summed E-state index contributed by atoms with van der Waals surface area (Å²) in [6, 6.07) is 13.4. The summed E-state index contributed by atoms with van der Waals surface area (Å²) >= 11 is 0. The van der Waals surface area contributed by atoms with Crippen molar-refractivity contribution in [2.45, 2.75) is 25.0 Å². The molecule has 2 N–H and O–H groups in total. The van der Waals surface area contributed by atoms with Crippen molar-refractivity contribution in [3.63, 3.8) is 0 Å². The minimum atomic E-state index is -0.303. The zero-order valence-corrected chi connectivity index (χ0v) is 14.2. The second-order valence-corrected chi connectivity index (χ2v) is 6.37.